The lowest BCUT2D eigenvalue weighted by molar-refractivity contribution is -0.166. The Morgan fingerprint density at radius 2 is 0.565 bits per heavy atom. The third-order valence-corrected chi connectivity index (χ3v) is 10.2. The highest BCUT2D eigenvalue weighted by atomic mass is 16.6. The second kappa shape index (κ2) is 55.4. The molecule has 6 heteroatoms. The molecule has 69 heavy (non-hydrogen) atoms. The number of esters is 3. The maximum absolute atomic E-state index is 12.8. The van der Waals surface area contributed by atoms with Crippen LogP contribution in [0.2, 0.25) is 0 Å². The summed E-state index contributed by atoms with van der Waals surface area (Å²) in [4.78, 5) is 37.9. The van der Waals surface area contributed by atoms with Gasteiger partial charge in [-0.25, -0.2) is 0 Å². The first-order valence-electron chi connectivity index (χ1n) is 26.6. The van der Waals surface area contributed by atoms with Crippen molar-refractivity contribution in [3.05, 3.63) is 170 Å². The van der Waals surface area contributed by atoms with E-state index in [0.29, 0.717) is 19.3 Å². The van der Waals surface area contributed by atoms with Gasteiger partial charge in [0.1, 0.15) is 13.2 Å². The average Bonchev–Trinajstić information content (AvgIpc) is 3.35. The molecule has 0 aliphatic carbocycles. The molecular formula is C63H94O6. The molecule has 1 atom stereocenters. The standard InChI is InChI=1S/C63H94O6/c1-4-7-10-13-16-19-22-25-27-29-31-33-35-38-41-44-47-50-53-56-62(65)68-59-60(58-67-61(64)55-52-49-46-43-40-37-24-21-18-15-12-9-6-3)69-63(66)57-54-51-48-45-42-39-36-34-32-30-28-26-23-20-17-14-11-8-5-2/h7-8,10-11,16-17,19-20,25-28,31-34,37-42,46-51,60H,4-6,9,12-15,18,21-24,29-30,35-36,43-45,52-59H2,1-3H3/b10-7-,11-8-,19-16-,20-17-,27-25-,28-26-,33-31-,34-32-,40-37-,41-38-,42-39-,49-46-,50-47-,51-48-. The molecule has 1 unspecified atom stereocenters. The quantitative estimate of drug-likeness (QED) is 0.0262. The summed E-state index contributed by atoms with van der Waals surface area (Å²) in [6.07, 6.45) is 82.3. The van der Waals surface area contributed by atoms with Crippen LogP contribution >= 0.6 is 0 Å². The Hall–Kier alpha value is -5.23. The highest BCUT2D eigenvalue weighted by Gasteiger charge is 2.19. The Kier molecular flexibility index (Phi) is 51.2. The van der Waals surface area contributed by atoms with Gasteiger partial charge in [-0.3, -0.25) is 14.4 Å². The summed E-state index contributed by atoms with van der Waals surface area (Å²) in [7, 11) is 0. The number of rotatable bonds is 45. The molecule has 0 aromatic rings. The summed E-state index contributed by atoms with van der Waals surface area (Å²) in [5.74, 6) is -1.22. The molecule has 0 radical (unpaired) electrons. The Morgan fingerprint density at radius 3 is 0.884 bits per heavy atom. The molecular weight excluding hydrogens is 853 g/mol. The van der Waals surface area contributed by atoms with E-state index in [1.54, 1.807) is 0 Å². The van der Waals surface area contributed by atoms with Crippen LogP contribution in [0.5, 0.6) is 0 Å². The molecule has 0 aromatic heterocycles. The fraction of sp³-hybridized carbons (Fsp3) is 0.508. The lowest BCUT2D eigenvalue weighted by atomic mass is 10.1. The summed E-state index contributed by atoms with van der Waals surface area (Å²) in [6.45, 7) is 6.19. The fourth-order valence-electron chi connectivity index (χ4n) is 6.31. The number of unbranched alkanes of at least 4 members (excludes halogenated alkanes) is 6. The van der Waals surface area contributed by atoms with E-state index in [-0.39, 0.29) is 38.4 Å². The molecule has 0 saturated heterocycles. The predicted molar refractivity (Wildman–Crippen MR) is 297 cm³/mol. The SMILES string of the molecule is CC/C=C\C/C=C\C/C=C\C/C=C\C/C=C\C/C=C\CCC(=O)OCC(COC(=O)CC/C=C\C/C=C\CCCCCCCC)OC(=O)CC/C=C\C/C=C\C/C=C\C/C=C\C/C=C\C/C=C\CC. The average molecular weight is 947 g/mol. The maximum Gasteiger partial charge on any atom is 0.306 e. The largest absolute Gasteiger partial charge is 0.462 e. The number of allylic oxidation sites excluding steroid dienone is 28. The molecule has 0 spiro atoms. The van der Waals surface area contributed by atoms with Gasteiger partial charge in [0.2, 0.25) is 0 Å². The molecule has 382 valence electrons. The zero-order chi connectivity index (χ0) is 50.0. The smallest absolute Gasteiger partial charge is 0.306 e. The topological polar surface area (TPSA) is 78.9 Å². The van der Waals surface area contributed by atoms with E-state index < -0.39 is 18.0 Å². The second-order valence-electron chi connectivity index (χ2n) is 16.7. The van der Waals surface area contributed by atoms with Crippen molar-refractivity contribution in [2.24, 2.45) is 0 Å². The van der Waals surface area contributed by atoms with Gasteiger partial charge in [0.05, 0.1) is 0 Å². The summed E-state index contributed by atoms with van der Waals surface area (Å²) < 4.78 is 16.6. The van der Waals surface area contributed by atoms with Gasteiger partial charge >= 0.3 is 17.9 Å². The number of carbonyl (C=O) groups is 3. The van der Waals surface area contributed by atoms with Crippen molar-refractivity contribution < 1.29 is 28.6 Å². The van der Waals surface area contributed by atoms with E-state index in [2.05, 4.69) is 161 Å². The zero-order valence-corrected chi connectivity index (χ0v) is 43.5. The molecule has 6 nitrogen and oxygen atoms in total. The van der Waals surface area contributed by atoms with Crippen LogP contribution < -0.4 is 0 Å². The van der Waals surface area contributed by atoms with E-state index in [0.717, 1.165) is 89.9 Å². The summed E-state index contributed by atoms with van der Waals surface area (Å²) in [5, 5.41) is 0. The minimum Gasteiger partial charge on any atom is -0.462 e. The lowest BCUT2D eigenvalue weighted by Gasteiger charge is -2.18. The van der Waals surface area contributed by atoms with Gasteiger partial charge in [0.25, 0.3) is 0 Å². The van der Waals surface area contributed by atoms with Crippen molar-refractivity contribution in [2.75, 3.05) is 13.2 Å². The summed E-state index contributed by atoms with van der Waals surface area (Å²) in [6, 6.07) is 0. The molecule has 0 saturated carbocycles. The van der Waals surface area contributed by atoms with E-state index in [1.165, 1.54) is 38.5 Å². The highest BCUT2D eigenvalue weighted by Crippen LogP contribution is 2.09. The molecule has 0 fully saturated rings. The van der Waals surface area contributed by atoms with E-state index in [9.17, 15) is 14.4 Å². The number of carbonyl (C=O) groups excluding carboxylic acids is 3. The minimum absolute atomic E-state index is 0.168. The van der Waals surface area contributed by atoms with Gasteiger partial charge in [-0.1, -0.05) is 223 Å². The molecule has 0 heterocycles. The zero-order valence-electron chi connectivity index (χ0n) is 43.5. The first kappa shape index (κ1) is 63.8. The van der Waals surface area contributed by atoms with Crippen LogP contribution in [0.3, 0.4) is 0 Å². The Labute approximate surface area is 422 Å². The summed E-state index contributed by atoms with van der Waals surface area (Å²) >= 11 is 0. The maximum atomic E-state index is 12.8. The normalized spacial score (nSPS) is 13.5. The Balaban J connectivity index is 4.71. The molecule has 0 rings (SSSR count). The number of hydrogen-bond acceptors (Lipinski definition) is 6. The van der Waals surface area contributed by atoms with Gasteiger partial charge in [-0.15, -0.1) is 0 Å². The van der Waals surface area contributed by atoms with Crippen LogP contribution in [-0.4, -0.2) is 37.2 Å². The Bertz CT molecular complexity index is 1650. The molecule has 0 aliphatic rings. The van der Waals surface area contributed by atoms with Crippen LogP contribution in [0.25, 0.3) is 0 Å². The lowest BCUT2D eigenvalue weighted by Crippen LogP contribution is -2.30. The van der Waals surface area contributed by atoms with Crippen molar-refractivity contribution in [1.82, 2.24) is 0 Å². The molecule has 0 aromatic carbocycles. The van der Waals surface area contributed by atoms with E-state index in [1.807, 2.05) is 30.4 Å². The Morgan fingerprint density at radius 1 is 0.304 bits per heavy atom. The van der Waals surface area contributed by atoms with Gasteiger partial charge < -0.3 is 14.2 Å². The molecule has 0 amide bonds. The third kappa shape index (κ3) is 53.6. The van der Waals surface area contributed by atoms with Crippen LogP contribution in [0.4, 0.5) is 0 Å². The van der Waals surface area contributed by atoms with Crippen molar-refractivity contribution in [1.29, 1.82) is 0 Å². The molecule has 0 bridgehead atoms. The van der Waals surface area contributed by atoms with Crippen LogP contribution in [0, 0.1) is 0 Å². The van der Waals surface area contributed by atoms with Crippen LogP contribution in [0.15, 0.2) is 170 Å². The molecule has 0 aliphatic heterocycles. The van der Waals surface area contributed by atoms with E-state index in [4.69, 9.17) is 14.2 Å². The highest BCUT2D eigenvalue weighted by molar-refractivity contribution is 5.71. The summed E-state index contributed by atoms with van der Waals surface area (Å²) in [5.41, 5.74) is 0. The van der Waals surface area contributed by atoms with Crippen LogP contribution in [-0.2, 0) is 28.6 Å². The van der Waals surface area contributed by atoms with Crippen LogP contribution in [0.1, 0.15) is 188 Å². The van der Waals surface area contributed by atoms with Gasteiger partial charge in [0, 0.05) is 19.3 Å². The minimum atomic E-state index is -0.881. The fourth-order valence-corrected chi connectivity index (χ4v) is 6.31. The first-order valence-corrected chi connectivity index (χ1v) is 26.6. The second-order valence-corrected chi connectivity index (χ2v) is 16.7. The van der Waals surface area contributed by atoms with Gasteiger partial charge in [-0.05, 0) is 116 Å². The first-order chi connectivity index (χ1) is 34.0. The third-order valence-electron chi connectivity index (χ3n) is 10.2. The van der Waals surface area contributed by atoms with Crippen molar-refractivity contribution in [3.8, 4) is 0 Å². The number of hydrogen-bond donors (Lipinski definition) is 0. The van der Waals surface area contributed by atoms with E-state index >= 15 is 0 Å². The predicted octanol–water partition coefficient (Wildman–Crippen LogP) is 18.0. The monoisotopic (exact) mass is 947 g/mol. The van der Waals surface area contributed by atoms with Crippen molar-refractivity contribution in [3.63, 3.8) is 0 Å². The van der Waals surface area contributed by atoms with Crippen molar-refractivity contribution in [2.45, 2.75) is 194 Å². The number of ether oxygens (including phenoxy) is 3. The van der Waals surface area contributed by atoms with Gasteiger partial charge in [0.15, 0.2) is 6.10 Å². The van der Waals surface area contributed by atoms with Gasteiger partial charge in [-0.2, -0.15) is 0 Å². The molecule has 0 N–H and O–H groups in total. The van der Waals surface area contributed by atoms with Crippen molar-refractivity contribution >= 4 is 17.9 Å².